The smallest absolute Gasteiger partial charge is 0.247 e. The molecule has 0 aliphatic heterocycles. The van der Waals surface area contributed by atoms with E-state index in [1.165, 1.54) is 44.1 Å². The van der Waals surface area contributed by atoms with Gasteiger partial charge in [0.2, 0.25) is 15.9 Å². The van der Waals surface area contributed by atoms with E-state index in [9.17, 15) is 13.2 Å². The highest BCUT2D eigenvalue weighted by Gasteiger charge is 2.51. The van der Waals surface area contributed by atoms with Crippen LogP contribution in [0.25, 0.3) is 0 Å². The summed E-state index contributed by atoms with van der Waals surface area (Å²) < 4.78 is 32.5. The van der Waals surface area contributed by atoms with Crippen molar-refractivity contribution in [3.05, 3.63) is 84.4 Å². The van der Waals surface area contributed by atoms with Crippen LogP contribution in [0.3, 0.4) is 0 Å². The standard InChI is InChI=1S/C32H36N2O4S/c1-22(34(39(2,36)37)28-12-14-30(15-13-28)38-29-6-4-3-5-7-29)31(35)33-27-10-8-26(9-11-27)32-19-23-16-24(20-32)18-25(17-23)21-32/h3-15,22-25H,16-21H2,1-2H3,(H,33,35)/t22-,23?,24?,25?,32?/m1/s1. The van der Waals surface area contributed by atoms with Crippen LogP contribution in [0.5, 0.6) is 11.5 Å². The fraction of sp³-hybridized carbons (Fsp3) is 0.406. The molecule has 204 valence electrons. The number of benzene rings is 3. The van der Waals surface area contributed by atoms with E-state index in [1.807, 2.05) is 42.5 Å². The van der Waals surface area contributed by atoms with Gasteiger partial charge in [-0.1, -0.05) is 30.3 Å². The third-order valence-corrected chi connectivity index (χ3v) is 10.2. The van der Waals surface area contributed by atoms with Gasteiger partial charge < -0.3 is 10.1 Å². The first-order valence-corrected chi connectivity index (χ1v) is 15.8. The van der Waals surface area contributed by atoms with E-state index < -0.39 is 16.1 Å². The van der Waals surface area contributed by atoms with Crippen LogP contribution in [0.4, 0.5) is 11.4 Å². The number of amides is 1. The minimum atomic E-state index is -3.73. The molecule has 0 aromatic heterocycles. The van der Waals surface area contributed by atoms with Crippen LogP contribution in [0, 0.1) is 17.8 Å². The summed E-state index contributed by atoms with van der Waals surface area (Å²) in [7, 11) is -3.73. The van der Waals surface area contributed by atoms with Gasteiger partial charge in [-0.2, -0.15) is 0 Å². The third kappa shape index (κ3) is 5.29. The lowest BCUT2D eigenvalue weighted by molar-refractivity contribution is -0.116. The van der Waals surface area contributed by atoms with Gasteiger partial charge in [0.05, 0.1) is 11.9 Å². The fourth-order valence-corrected chi connectivity index (χ4v) is 8.89. The fourth-order valence-electron chi connectivity index (χ4n) is 7.71. The van der Waals surface area contributed by atoms with Crippen molar-refractivity contribution in [2.45, 2.75) is 56.9 Å². The van der Waals surface area contributed by atoms with Crippen LogP contribution in [-0.2, 0) is 20.2 Å². The molecule has 4 aliphatic rings. The molecule has 7 heteroatoms. The molecule has 3 aromatic carbocycles. The van der Waals surface area contributed by atoms with Gasteiger partial charge in [-0.25, -0.2) is 8.42 Å². The number of hydrogen-bond acceptors (Lipinski definition) is 4. The zero-order valence-corrected chi connectivity index (χ0v) is 23.4. The Kier molecular flexibility index (Phi) is 6.66. The maximum atomic E-state index is 13.2. The second kappa shape index (κ2) is 10.0. The van der Waals surface area contributed by atoms with Crippen LogP contribution < -0.4 is 14.4 Å². The van der Waals surface area contributed by atoms with E-state index in [-0.39, 0.29) is 5.91 Å². The Bertz CT molecular complexity index is 1400. The van der Waals surface area contributed by atoms with E-state index in [0.717, 1.165) is 28.3 Å². The van der Waals surface area contributed by atoms with Crippen molar-refractivity contribution in [1.82, 2.24) is 0 Å². The van der Waals surface area contributed by atoms with Crippen molar-refractivity contribution < 1.29 is 17.9 Å². The number of rotatable bonds is 8. The first-order chi connectivity index (χ1) is 18.7. The average Bonchev–Trinajstić information content (AvgIpc) is 2.89. The van der Waals surface area contributed by atoms with Crippen molar-refractivity contribution >= 4 is 27.3 Å². The van der Waals surface area contributed by atoms with Crippen molar-refractivity contribution in [2.24, 2.45) is 17.8 Å². The topological polar surface area (TPSA) is 75.7 Å². The van der Waals surface area contributed by atoms with Gasteiger partial charge in [-0.3, -0.25) is 9.10 Å². The number of hydrogen-bond donors (Lipinski definition) is 1. The monoisotopic (exact) mass is 544 g/mol. The van der Waals surface area contributed by atoms with E-state index in [4.69, 9.17) is 4.74 Å². The Morgan fingerprint density at radius 2 is 1.38 bits per heavy atom. The molecular weight excluding hydrogens is 508 g/mol. The second-order valence-electron chi connectivity index (χ2n) is 11.9. The van der Waals surface area contributed by atoms with Gasteiger partial charge in [0.15, 0.2) is 0 Å². The number of anilines is 2. The predicted octanol–water partition coefficient (Wildman–Crippen LogP) is 6.74. The largest absolute Gasteiger partial charge is 0.457 e. The van der Waals surface area contributed by atoms with Crippen LogP contribution in [0.1, 0.15) is 51.0 Å². The zero-order chi connectivity index (χ0) is 27.2. The molecule has 4 saturated carbocycles. The lowest BCUT2D eigenvalue weighted by atomic mass is 9.48. The Morgan fingerprint density at radius 1 is 0.846 bits per heavy atom. The van der Waals surface area contributed by atoms with Crippen LogP contribution >= 0.6 is 0 Å². The molecular formula is C32H36N2O4S. The minimum Gasteiger partial charge on any atom is -0.457 e. The molecule has 0 unspecified atom stereocenters. The maximum Gasteiger partial charge on any atom is 0.247 e. The normalized spacial score (nSPS) is 26.2. The maximum absolute atomic E-state index is 13.2. The van der Waals surface area contributed by atoms with Gasteiger partial charge in [0.25, 0.3) is 0 Å². The Labute approximate surface area is 231 Å². The van der Waals surface area contributed by atoms with Gasteiger partial charge >= 0.3 is 0 Å². The average molecular weight is 545 g/mol. The Balaban J connectivity index is 1.15. The first-order valence-electron chi connectivity index (χ1n) is 13.9. The first kappa shape index (κ1) is 25.9. The van der Waals surface area contributed by atoms with E-state index >= 15 is 0 Å². The number of nitrogens with zero attached hydrogens (tertiary/aromatic N) is 1. The summed E-state index contributed by atoms with van der Waals surface area (Å²) >= 11 is 0. The lowest BCUT2D eigenvalue weighted by Crippen LogP contribution is -2.48. The number of para-hydroxylation sites is 1. The van der Waals surface area contributed by atoms with Gasteiger partial charge in [0, 0.05) is 5.69 Å². The summed E-state index contributed by atoms with van der Waals surface area (Å²) in [6.45, 7) is 1.61. The SMILES string of the molecule is C[C@H](C(=O)Nc1ccc(C23CC4CC(CC(C4)C2)C3)cc1)N(c1ccc(Oc2ccccc2)cc1)S(C)(=O)=O. The third-order valence-electron chi connectivity index (χ3n) is 8.96. The summed E-state index contributed by atoms with van der Waals surface area (Å²) in [5, 5.41) is 2.94. The highest BCUT2D eigenvalue weighted by atomic mass is 32.2. The van der Waals surface area contributed by atoms with Gasteiger partial charge in [0.1, 0.15) is 17.5 Å². The molecule has 4 bridgehead atoms. The second-order valence-corrected chi connectivity index (χ2v) is 13.8. The molecule has 3 aromatic rings. The molecule has 0 heterocycles. The molecule has 1 atom stereocenters. The van der Waals surface area contributed by atoms with Crippen LogP contribution in [0.2, 0.25) is 0 Å². The van der Waals surface area contributed by atoms with Crippen LogP contribution in [-0.4, -0.2) is 26.6 Å². The van der Waals surface area contributed by atoms with Crippen LogP contribution in [0.15, 0.2) is 78.9 Å². The Hall–Kier alpha value is -3.32. The van der Waals surface area contributed by atoms with Crippen molar-refractivity contribution in [2.75, 3.05) is 15.9 Å². The van der Waals surface area contributed by atoms with Crippen molar-refractivity contribution in [3.8, 4) is 11.5 Å². The molecule has 7 rings (SSSR count). The highest BCUT2D eigenvalue weighted by Crippen LogP contribution is 2.60. The summed E-state index contributed by atoms with van der Waals surface area (Å²) in [6, 6.07) is 23.4. The summed E-state index contributed by atoms with van der Waals surface area (Å²) in [6.07, 6.45) is 9.22. The van der Waals surface area contributed by atoms with E-state index in [0.29, 0.717) is 28.3 Å². The van der Waals surface area contributed by atoms with Crippen molar-refractivity contribution in [1.29, 1.82) is 0 Å². The zero-order valence-electron chi connectivity index (χ0n) is 22.5. The molecule has 0 radical (unpaired) electrons. The quantitative estimate of drug-likeness (QED) is 0.341. The van der Waals surface area contributed by atoms with Crippen molar-refractivity contribution in [3.63, 3.8) is 0 Å². The number of sulfonamides is 1. The molecule has 0 spiro atoms. The summed E-state index contributed by atoms with van der Waals surface area (Å²) in [4.78, 5) is 13.2. The number of carbonyl (C=O) groups is 1. The molecule has 0 saturated heterocycles. The summed E-state index contributed by atoms with van der Waals surface area (Å²) in [5.74, 6) is 3.50. The van der Waals surface area contributed by atoms with E-state index in [2.05, 4.69) is 17.4 Å². The number of ether oxygens (including phenoxy) is 1. The molecule has 1 amide bonds. The Morgan fingerprint density at radius 3 is 1.92 bits per heavy atom. The number of nitrogens with one attached hydrogen (secondary N) is 1. The number of carbonyl (C=O) groups excluding carboxylic acids is 1. The molecule has 4 aliphatic carbocycles. The molecule has 4 fully saturated rings. The molecule has 39 heavy (non-hydrogen) atoms. The minimum absolute atomic E-state index is 0.300. The molecule has 1 N–H and O–H groups in total. The van der Waals surface area contributed by atoms with Gasteiger partial charge in [-0.05, 0) is 123 Å². The predicted molar refractivity (Wildman–Crippen MR) is 155 cm³/mol. The van der Waals surface area contributed by atoms with Gasteiger partial charge in [-0.15, -0.1) is 0 Å². The summed E-state index contributed by atoms with van der Waals surface area (Å²) in [5.41, 5.74) is 2.77. The lowest BCUT2D eigenvalue weighted by Gasteiger charge is -2.57. The highest BCUT2D eigenvalue weighted by molar-refractivity contribution is 7.92. The molecule has 6 nitrogen and oxygen atoms in total. The van der Waals surface area contributed by atoms with E-state index in [1.54, 1.807) is 31.2 Å².